The van der Waals surface area contributed by atoms with Crippen LogP contribution in [0.4, 0.5) is 11.4 Å². The third kappa shape index (κ3) is 3.85. The number of anilines is 2. The van der Waals surface area contributed by atoms with Crippen molar-refractivity contribution in [1.29, 1.82) is 0 Å². The number of hydrogen-bond acceptors (Lipinski definition) is 5. The highest BCUT2D eigenvalue weighted by atomic mass is 32.2. The van der Waals surface area contributed by atoms with Gasteiger partial charge < -0.3 is 19.5 Å². The summed E-state index contributed by atoms with van der Waals surface area (Å²) in [6.07, 6.45) is 2.98. The molecule has 1 fully saturated rings. The second-order valence-electron chi connectivity index (χ2n) is 7.75. The smallest absolute Gasteiger partial charge is 0.235 e. The topological polar surface area (TPSA) is 59.6 Å². The quantitative estimate of drug-likeness (QED) is 0.525. The SMILES string of the molecule is CC.COc1ccc(SNc2cc(C(C)C)c3c(c2)C2(CCC2)C(=O)N3)c(OC)c1. The molecule has 1 saturated carbocycles. The van der Waals surface area contributed by atoms with Gasteiger partial charge in [-0.25, -0.2) is 0 Å². The van der Waals surface area contributed by atoms with Crippen molar-refractivity contribution in [1.82, 2.24) is 0 Å². The zero-order valence-corrected chi connectivity index (χ0v) is 19.5. The Morgan fingerprint density at radius 2 is 1.83 bits per heavy atom. The lowest BCUT2D eigenvalue weighted by Crippen LogP contribution is -2.40. The first-order chi connectivity index (χ1) is 14.5. The number of hydrogen-bond donors (Lipinski definition) is 2. The van der Waals surface area contributed by atoms with Crippen LogP contribution in [-0.4, -0.2) is 20.1 Å². The molecule has 1 aliphatic heterocycles. The lowest BCUT2D eigenvalue weighted by Gasteiger charge is -2.36. The predicted octanol–water partition coefficient (Wildman–Crippen LogP) is 6.35. The van der Waals surface area contributed by atoms with Crippen LogP contribution in [0.3, 0.4) is 0 Å². The average molecular weight is 429 g/mol. The van der Waals surface area contributed by atoms with E-state index in [9.17, 15) is 4.79 Å². The van der Waals surface area contributed by atoms with E-state index >= 15 is 0 Å². The molecule has 0 radical (unpaired) electrons. The van der Waals surface area contributed by atoms with E-state index in [2.05, 4.69) is 36.0 Å². The summed E-state index contributed by atoms with van der Waals surface area (Å²) < 4.78 is 14.2. The highest BCUT2D eigenvalue weighted by Crippen LogP contribution is 2.53. The molecule has 0 saturated heterocycles. The van der Waals surface area contributed by atoms with Crippen LogP contribution in [0.5, 0.6) is 11.5 Å². The molecule has 4 rings (SSSR count). The molecule has 1 aliphatic carbocycles. The van der Waals surface area contributed by atoms with Crippen molar-refractivity contribution in [3.05, 3.63) is 41.5 Å². The van der Waals surface area contributed by atoms with Gasteiger partial charge in [0.05, 0.1) is 24.5 Å². The normalized spacial score (nSPS) is 15.6. The van der Waals surface area contributed by atoms with Gasteiger partial charge in [-0.15, -0.1) is 0 Å². The average Bonchev–Trinajstić information content (AvgIpc) is 3.04. The lowest BCUT2D eigenvalue weighted by molar-refractivity contribution is -0.123. The Balaban J connectivity index is 0.00000124. The molecule has 6 heteroatoms. The molecule has 162 valence electrons. The summed E-state index contributed by atoms with van der Waals surface area (Å²) >= 11 is 1.50. The van der Waals surface area contributed by atoms with Gasteiger partial charge in [0.2, 0.25) is 5.91 Å². The first-order valence-electron chi connectivity index (χ1n) is 10.6. The molecule has 2 aromatic carbocycles. The van der Waals surface area contributed by atoms with E-state index in [1.807, 2.05) is 32.0 Å². The maximum atomic E-state index is 12.7. The van der Waals surface area contributed by atoms with E-state index in [-0.39, 0.29) is 11.3 Å². The number of nitrogens with one attached hydrogen (secondary N) is 2. The number of methoxy groups -OCH3 is 2. The maximum Gasteiger partial charge on any atom is 0.235 e. The molecule has 1 amide bonds. The molecule has 30 heavy (non-hydrogen) atoms. The Hall–Kier alpha value is -2.34. The van der Waals surface area contributed by atoms with Crippen molar-refractivity contribution in [3.8, 4) is 11.5 Å². The minimum absolute atomic E-state index is 0.164. The Morgan fingerprint density at radius 3 is 2.40 bits per heavy atom. The van der Waals surface area contributed by atoms with E-state index < -0.39 is 0 Å². The summed E-state index contributed by atoms with van der Waals surface area (Å²) in [5.41, 5.74) is 4.05. The van der Waals surface area contributed by atoms with Gasteiger partial charge in [0.25, 0.3) is 0 Å². The first-order valence-corrected chi connectivity index (χ1v) is 11.4. The standard InChI is InChI=1S/C22H26N2O3S.C2H6/c1-13(2)16-10-14(11-17-20(16)23-21(25)22(17)8-5-9-22)24-28-19-7-6-15(26-3)12-18(19)27-4;1-2/h6-7,10-13,24H,5,8-9H2,1-4H3,(H,23,25);1-2H3. The van der Waals surface area contributed by atoms with Gasteiger partial charge in [-0.3, -0.25) is 4.79 Å². The fourth-order valence-corrected chi connectivity index (χ4v) is 4.78. The van der Waals surface area contributed by atoms with Crippen LogP contribution >= 0.6 is 11.9 Å². The van der Waals surface area contributed by atoms with E-state index in [1.165, 1.54) is 17.5 Å². The minimum Gasteiger partial charge on any atom is -0.497 e. The molecule has 2 aromatic rings. The molecule has 0 unspecified atom stereocenters. The molecule has 2 N–H and O–H groups in total. The Kier molecular flexibility index (Phi) is 6.86. The molecule has 2 aliphatic rings. The van der Waals surface area contributed by atoms with E-state index in [1.54, 1.807) is 14.2 Å². The zero-order chi connectivity index (χ0) is 21.9. The van der Waals surface area contributed by atoms with Crippen LogP contribution < -0.4 is 19.5 Å². The summed E-state index contributed by atoms with van der Waals surface area (Å²) in [7, 11) is 3.30. The largest absolute Gasteiger partial charge is 0.497 e. The summed E-state index contributed by atoms with van der Waals surface area (Å²) in [4.78, 5) is 13.7. The van der Waals surface area contributed by atoms with Gasteiger partial charge in [0.1, 0.15) is 11.5 Å². The molecule has 5 nitrogen and oxygen atoms in total. The Labute approximate surface area is 184 Å². The van der Waals surface area contributed by atoms with Crippen molar-refractivity contribution in [2.45, 2.75) is 63.2 Å². The van der Waals surface area contributed by atoms with Crippen LogP contribution in [0.15, 0.2) is 35.2 Å². The van der Waals surface area contributed by atoms with Crippen molar-refractivity contribution in [2.75, 3.05) is 24.3 Å². The molecule has 1 spiro atoms. The first kappa shape index (κ1) is 22.3. The molecule has 0 bridgehead atoms. The fraction of sp³-hybridized carbons (Fsp3) is 0.458. The van der Waals surface area contributed by atoms with Crippen molar-refractivity contribution in [3.63, 3.8) is 0 Å². The Bertz CT molecular complexity index is 923. The van der Waals surface area contributed by atoms with E-state index in [0.717, 1.165) is 52.6 Å². The number of ether oxygens (including phenoxy) is 2. The number of amides is 1. The second kappa shape index (κ2) is 9.21. The number of rotatable bonds is 6. The molecular weight excluding hydrogens is 396 g/mol. The summed E-state index contributed by atoms with van der Waals surface area (Å²) in [5.74, 6) is 2.01. The van der Waals surface area contributed by atoms with Crippen LogP contribution in [-0.2, 0) is 10.2 Å². The van der Waals surface area contributed by atoms with Crippen molar-refractivity contribution in [2.24, 2.45) is 0 Å². The van der Waals surface area contributed by atoms with Gasteiger partial charge in [0, 0.05) is 17.4 Å². The monoisotopic (exact) mass is 428 g/mol. The van der Waals surface area contributed by atoms with Gasteiger partial charge in [-0.05, 0) is 66.1 Å². The number of carbonyl (C=O) groups excluding carboxylic acids is 1. The molecule has 0 atom stereocenters. The molecule has 1 heterocycles. The molecular formula is C24H32N2O3S. The third-order valence-electron chi connectivity index (χ3n) is 5.84. The predicted molar refractivity (Wildman–Crippen MR) is 125 cm³/mol. The number of benzene rings is 2. The summed E-state index contributed by atoms with van der Waals surface area (Å²) in [6, 6.07) is 10.1. The van der Waals surface area contributed by atoms with Gasteiger partial charge in [-0.2, -0.15) is 0 Å². The fourth-order valence-electron chi connectivity index (χ4n) is 4.05. The highest BCUT2D eigenvalue weighted by molar-refractivity contribution is 8.00. The maximum absolute atomic E-state index is 12.7. The zero-order valence-electron chi connectivity index (χ0n) is 18.7. The van der Waals surface area contributed by atoms with Crippen LogP contribution in [0.2, 0.25) is 0 Å². The highest BCUT2D eigenvalue weighted by Gasteiger charge is 2.51. The third-order valence-corrected chi connectivity index (χ3v) is 6.73. The van der Waals surface area contributed by atoms with Gasteiger partial charge in [-0.1, -0.05) is 34.1 Å². The lowest BCUT2D eigenvalue weighted by atomic mass is 9.65. The second-order valence-corrected chi connectivity index (χ2v) is 8.60. The van der Waals surface area contributed by atoms with E-state index in [0.29, 0.717) is 5.92 Å². The minimum atomic E-state index is -0.320. The van der Waals surface area contributed by atoms with Crippen molar-refractivity contribution >= 4 is 29.2 Å². The van der Waals surface area contributed by atoms with Gasteiger partial charge in [0.15, 0.2) is 0 Å². The van der Waals surface area contributed by atoms with Crippen LogP contribution in [0, 0.1) is 0 Å². The van der Waals surface area contributed by atoms with E-state index in [4.69, 9.17) is 9.47 Å². The molecule has 0 aromatic heterocycles. The number of carbonyl (C=O) groups is 1. The van der Waals surface area contributed by atoms with Gasteiger partial charge >= 0.3 is 0 Å². The van der Waals surface area contributed by atoms with Crippen molar-refractivity contribution < 1.29 is 14.3 Å². The summed E-state index contributed by atoms with van der Waals surface area (Å²) in [5, 5.41) is 3.16. The van der Waals surface area contributed by atoms with Crippen LogP contribution in [0.1, 0.15) is 64.0 Å². The Morgan fingerprint density at radius 1 is 1.10 bits per heavy atom. The number of fused-ring (bicyclic) bond motifs is 2. The summed E-state index contributed by atoms with van der Waals surface area (Å²) in [6.45, 7) is 8.33. The van der Waals surface area contributed by atoms with Crippen LogP contribution in [0.25, 0.3) is 0 Å².